The van der Waals surface area contributed by atoms with Gasteiger partial charge in [0.05, 0.1) is 5.56 Å². The van der Waals surface area contributed by atoms with Gasteiger partial charge in [-0.25, -0.2) is 9.37 Å². The van der Waals surface area contributed by atoms with Crippen LogP contribution in [0.5, 0.6) is 11.6 Å². The molecule has 1 aromatic carbocycles. The number of nitrogens with zero attached hydrogens (tertiary/aromatic N) is 2. The van der Waals surface area contributed by atoms with Crippen LogP contribution < -0.4 is 10.5 Å². The molecule has 28 heavy (non-hydrogen) atoms. The van der Waals surface area contributed by atoms with Gasteiger partial charge in [0.1, 0.15) is 0 Å². The van der Waals surface area contributed by atoms with Crippen LogP contribution in [0.15, 0.2) is 36.5 Å². The van der Waals surface area contributed by atoms with E-state index in [2.05, 4.69) is 23.7 Å². The molecule has 0 unspecified atom stereocenters. The zero-order valence-corrected chi connectivity index (χ0v) is 16.5. The van der Waals surface area contributed by atoms with Gasteiger partial charge in [-0.15, -0.1) is 0 Å². The Morgan fingerprint density at radius 2 is 2.11 bits per heavy atom. The van der Waals surface area contributed by atoms with Crippen molar-refractivity contribution < 1.29 is 13.9 Å². The summed E-state index contributed by atoms with van der Waals surface area (Å²) in [6.45, 7) is 7.31. The van der Waals surface area contributed by atoms with E-state index in [4.69, 9.17) is 10.5 Å². The van der Waals surface area contributed by atoms with Gasteiger partial charge in [0.15, 0.2) is 11.6 Å². The van der Waals surface area contributed by atoms with Gasteiger partial charge in [0, 0.05) is 25.4 Å². The largest absolute Gasteiger partial charge is 0.436 e. The van der Waals surface area contributed by atoms with Crippen molar-refractivity contribution in [3.8, 4) is 11.6 Å². The van der Waals surface area contributed by atoms with Gasteiger partial charge >= 0.3 is 0 Å². The summed E-state index contributed by atoms with van der Waals surface area (Å²) in [6, 6.07) is 8.05. The lowest BCUT2D eigenvalue weighted by molar-refractivity contribution is 0.1000. The van der Waals surface area contributed by atoms with Crippen LogP contribution >= 0.6 is 0 Å². The van der Waals surface area contributed by atoms with Gasteiger partial charge in [0.2, 0.25) is 11.8 Å². The molecule has 1 saturated carbocycles. The molecule has 1 heterocycles. The molecule has 1 fully saturated rings. The van der Waals surface area contributed by atoms with Gasteiger partial charge in [-0.3, -0.25) is 9.69 Å². The zero-order chi connectivity index (χ0) is 20.1. The van der Waals surface area contributed by atoms with Crippen molar-refractivity contribution in [2.45, 2.75) is 39.7 Å². The number of benzene rings is 1. The topological polar surface area (TPSA) is 68.5 Å². The predicted molar refractivity (Wildman–Crippen MR) is 107 cm³/mol. The van der Waals surface area contributed by atoms with E-state index in [9.17, 15) is 9.18 Å². The highest BCUT2D eigenvalue weighted by molar-refractivity contribution is 5.92. The van der Waals surface area contributed by atoms with E-state index in [1.807, 2.05) is 6.07 Å². The maximum atomic E-state index is 14.5. The van der Waals surface area contributed by atoms with Crippen molar-refractivity contribution in [1.29, 1.82) is 0 Å². The first-order valence-electron chi connectivity index (χ1n) is 9.85. The Labute approximate surface area is 165 Å². The van der Waals surface area contributed by atoms with E-state index >= 15 is 0 Å². The number of primary amides is 1. The first kappa shape index (κ1) is 20.3. The predicted octanol–water partition coefficient (Wildman–Crippen LogP) is 4.37. The Morgan fingerprint density at radius 3 is 2.68 bits per heavy atom. The number of pyridine rings is 1. The molecule has 5 nitrogen and oxygen atoms in total. The van der Waals surface area contributed by atoms with Crippen molar-refractivity contribution >= 4 is 5.91 Å². The van der Waals surface area contributed by atoms with E-state index < -0.39 is 11.7 Å². The molecule has 1 amide bonds. The summed E-state index contributed by atoms with van der Waals surface area (Å²) in [5, 5.41) is 0. The van der Waals surface area contributed by atoms with Crippen molar-refractivity contribution in [1.82, 2.24) is 9.88 Å². The van der Waals surface area contributed by atoms with Crippen LogP contribution in [-0.2, 0) is 6.54 Å². The van der Waals surface area contributed by atoms with Crippen LogP contribution in [0.3, 0.4) is 0 Å². The first-order chi connectivity index (χ1) is 13.4. The summed E-state index contributed by atoms with van der Waals surface area (Å²) >= 11 is 0. The molecular weight excluding hydrogens is 357 g/mol. The van der Waals surface area contributed by atoms with E-state index in [0.29, 0.717) is 5.92 Å². The maximum Gasteiger partial charge on any atom is 0.250 e. The van der Waals surface area contributed by atoms with Crippen LogP contribution in [0.4, 0.5) is 4.39 Å². The third kappa shape index (κ3) is 6.02. The van der Waals surface area contributed by atoms with E-state index in [1.54, 1.807) is 6.07 Å². The lowest BCUT2D eigenvalue weighted by atomic mass is 10.1. The van der Waals surface area contributed by atoms with E-state index in [1.165, 1.54) is 37.2 Å². The number of hydrogen-bond donors (Lipinski definition) is 1. The summed E-state index contributed by atoms with van der Waals surface area (Å²) in [4.78, 5) is 17.5. The number of carbonyl (C=O) groups is 1. The summed E-state index contributed by atoms with van der Waals surface area (Å²) < 4.78 is 20.0. The second kappa shape index (κ2) is 9.15. The molecule has 0 spiro atoms. The fourth-order valence-corrected chi connectivity index (χ4v) is 3.02. The quantitative estimate of drug-likeness (QED) is 0.659. The van der Waals surface area contributed by atoms with E-state index in [0.717, 1.165) is 37.5 Å². The van der Waals surface area contributed by atoms with Gasteiger partial charge in [-0.05, 0) is 61.4 Å². The summed E-state index contributed by atoms with van der Waals surface area (Å²) in [5.74, 6) is 0.788. The molecule has 150 valence electrons. The van der Waals surface area contributed by atoms with Crippen LogP contribution in [-0.4, -0.2) is 28.9 Å². The minimum Gasteiger partial charge on any atom is -0.436 e. The third-order valence-corrected chi connectivity index (χ3v) is 4.87. The first-order valence-corrected chi connectivity index (χ1v) is 9.85. The lowest BCUT2D eigenvalue weighted by Crippen LogP contribution is -2.27. The van der Waals surface area contributed by atoms with Crippen molar-refractivity contribution in [2.75, 3.05) is 13.1 Å². The highest BCUT2D eigenvalue weighted by atomic mass is 19.1. The molecular formula is C22H28FN3O2. The SMILES string of the molecule is CC(C)CCN(Cc1ccc(Oc2ccc(C(N)=O)cn2)c(F)c1)CC1CC1. The minimum atomic E-state index is -0.567. The summed E-state index contributed by atoms with van der Waals surface area (Å²) in [5.41, 5.74) is 6.40. The van der Waals surface area contributed by atoms with Crippen molar-refractivity contribution in [3.63, 3.8) is 0 Å². The van der Waals surface area contributed by atoms with Crippen LogP contribution in [0, 0.1) is 17.7 Å². The smallest absolute Gasteiger partial charge is 0.250 e. The van der Waals surface area contributed by atoms with Gasteiger partial charge in [-0.1, -0.05) is 19.9 Å². The number of aromatic nitrogens is 1. The fraction of sp³-hybridized carbons (Fsp3) is 0.455. The number of carbonyl (C=O) groups excluding carboxylic acids is 1. The normalized spacial score (nSPS) is 13.9. The number of amides is 1. The van der Waals surface area contributed by atoms with Crippen LogP contribution in [0.2, 0.25) is 0 Å². The molecule has 3 rings (SSSR count). The zero-order valence-electron chi connectivity index (χ0n) is 16.5. The molecule has 1 aromatic heterocycles. The molecule has 2 N–H and O–H groups in total. The van der Waals surface area contributed by atoms with Crippen LogP contribution in [0.25, 0.3) is 0 Å². The molecule has 0 bridgehead atoms. The maximum absolute atomic E-state index is 14.5. The van der Waals surface area contributed by atoms with Gasteiger partial charge in [0.25, 0.3) is 0 Å². The second-order valence-corrected chi connectivity index (χ2v) is 7.98. The highest BCUT2D eigenvalue weighted by Crippen LogP contribution is 2.31. The summed E-state index contributed by atoms with van der Waals surface area (Å²) in [7, 11) is 0. The number of nitrogens with two attached hydrogens (primary N) is 1. The lowest BCUT2D eigenvalue weighted by Gasteiger charge is -2.23. The standard InChI is InChI=1S/C22H28FN3O2/c1-15(2)9-10-26(13-16-3-4-16)14-17-5-7-20(19(23)11-17)28-21-8-6-18(12-25-21)22(24)27/h5-8,11-12,15-16H,3-4,9-10,13-14H2,1-2H3,(H2,24,27). The second-order valence-electron chi connectivity index (χ2n) is 7.98. The monoisotopic (exact) mass is 385 g/mol. The molecule has 0 atom stereocenters. The average Bonchev–Trinajstić information content (AvgIpc) is 3.46. The molecule has 0 aliphatic heterocycles. The van der Waals surface area contributed by atoms with Gasteiger partial charge in [-0.2, -0.15) is 0 Å². The molecule has 0 saturated heterocycles. The summed E-state index contributed by atoms with van der Waals surface area (Å²) in [6.07, 6.45) is 5.07. The van der Waals surface area contributed by atoms with Crippen LogP contribution in [0.1, 0.15) is 49.0 Å². The van der Waals surface area contributed by atoms with Crippen molar-refractivity contribution in [2.24, 2.45) is 17.6 Å². The molecule has 0 radical (unpaired) electrons. The Balaban J connectivity index is 1.63. The Hall–Kier alpha value is -2.47. The average molecular weight is 385 g/mol. The molecule has 2 aromatic rings. The highest BCUT2D eigenvalue weighted by Gasteiger charge is 2.24. The van der Waals surface area contributed by atoms with Gasteiger partial charge < -0.3 is 10.5 Å². The number of halogens is 1. The van der Waals surface area contributed by atoms with Crippen molar-refractivity contribution in [3.05, 3.63) is 53.5 Å². The number of ether oxygens (including phenoxy) is 1. The Bertz CT molecular complexity index is 804. The number of rotatable bonds is 10. The Morgan fingerprint density at radius 1 is 1.32 bits per heavy atom. The molecule has 1 aliphatic carbocycles. The fourth-order valence-electron chi connectivity index (χ4n) is 3.02. The minimum absolute atomic E-state index is 0.110. The Kier molecular flexibility index (Phi) is 6.62. The molecule has 6 heteroatoms. The third-order valence-electron chi connectivity index (χ3n) is 4.87. The molecule has 1 aliphatic rings. The van der Waals surface area contributed by atoms with E-state index in [-0.39, 0.29) is 17.2 Å². The number of hydrogen-bond acceptors (Lipinski definition) is 4.